The Kier molecular flexibility index (Phi) is 6.26. The number of carbonyl (C=O) groups is 1. The van der Waals surface area contributed by atoms with Crippen molar-refractivity contribution in [3.8, 4) is 11.5 Å². The third kappa shape index (κ3) is 4.49. The Bertz CT molecular complexity index is 975. The molecule has 0 radical (unpaired) electrons. The summed E-state index contributed by atoms with van der Waals surface area (Å²) in [4.78, 5) is 21.0. The summed E-state index contributed by atoms with van der Waals surface area (Å²) in [7, 11) is 0. The number of para-hydroxylation sites is 1. The maximum absolute atomic E-state index is 12.4. The molecule has 0 amide bonds. The lowest BCUT2D eigenvalue weighted by Crippen LogP contribution is -2.09. The zero-order chi connectivity index (χ0) is 19.9. The SMILES string of the molecule is CCCOc1ccc(C(=O)OCc2nc(N)c3ccccc3n2)cc1OCC. The molecule has 7 heteroatoms. The zero-order valence-corrected chi connectivity index (χ0v) is 16.0. The number of ether oxygens (including phenoxy) is 3. The van der Waals surface area contributed by atoms with Crippen molar-refractivity contribution < 1.29 is 19.0 Å². The highest BCUT2D eigenvalue weighted by Gasteiger charge is 2.14. The molecule has 1 aromatic heterocycles. The molecule has 3 rings (SSSR count). The van der Waals surface area contributed by atoms with E-state index in [2.05, 4.69) is 9.97 Å². The van der Waals surface area contributed by atoms with E-state index in [4.69, 9.17) is 19.9 Å². The van der Waals surface area contributed by atoms with E-state index in [9.17, 15) is 4.79 Å². The smallest absolute Gasteiger partial charge is 0.338 e. The fourth-order valence-corrected chi connectivity index (χ4v) is 2.66. The molecule has 0 bridgehead atoms. The van der Waals surface area contributed by atoms with Crippen LogP contribution in [0.15, 0.2) is 42.5 Å². The second-order valence-electron chi connectivity index (χ2n) is 6.06. The van der Waals surface area contributed by atoms with Crippen LogP contribution in [0.25, 0.3) is 10.9 Å². The van der Waals surface area contributed by atoms with Gasteiger partial charge in [-0.2, -0.15) is 0 Å². The van der Waals surface area contributed by atoms with Gasteiger partial charge in [-0.1, -0.05) is 19.1 Å². The van der Waals surface area contributed by atoms with Gasteiger partial charge in [-0.05, 0) is 43.7 Å². The third-order valence-electron chi connectivity index (χ3n) is 3.95. The molecule has 3 aromatic rings. The van der Waals surface area contributed by atoms with Gasteiger partial charge in [0.2, 0.25) is 0 Å². The van der Waals surface area contributed by atoms with Crippen LogP contribution in [0.2, 0.25) is 0 Å². The predicted octanol–water partition coefficient (Wildman–Crippen LogP) is 3.76. The molecular weight excluding hydrogens is 358 g/mol. The van der Waals surface area contributed by atoms with E-state index >= 15 is 0 Å². The van der Waals surface area contributed by atoms with Crippen molar-refractivity contribution in [3.63, 3.8) is 0 Å². The monoisotopic (exact) mass is 381 g/mol. The number of hydrogen-bond donors (Lipinski definition) is 1. The van der Waals surface area contributed by atoms with Crippen molar-refractivity contribution in [1.29, 1.82) is 0 Å². The number of esters is 1. The van der Waals surface area contributed by atoms with Crippen LogP contribution in [0, 0.1) is 0 Å². The number of nitrogen functional groups attached to an aromatic ring is 1. The van der Waals surface area contributed by atoms with E-state index in [-0.39, 0.29) is 6.61 Å². The summed E-state index contributed by atoms with van der Waals surface area (Å²) in [5.74, 6) is 1.31. The molecular formula is C21H23N3O4. The van der Waals surface area contributed by atoms with Gasteiger partial charge in [0.1, 0.15) is 5.82 Å². The Morgan fingerprint density at radius 2 is 1.86 bits per heavy atom. The lowest BCUT2D eigenvalue weighted by molar-refractivity contribution is 0.0462. The normalized spacial score (nSPS) is 10.6. The van der Waals surface area contributed by atoms with Crippen LogP contribution in [0.3, 0.4) is 0 Å². The van der Waals surface area contributed by atoms with Crippen LogP contribution >= 0.6 is 0 Å². The molecule has 0 aliphatic carbocycles. The van der Waals surface area contributed by atoms with Crippen molar-refractivity contribution in [2.75, 3.05) is 18.9 Å². The second-order valence-corrected chi connectivity index (χ2v) is 6.06. The molecule has 1 heterocycles. The second kappa shape index (κ2) is 9.03. The predicted molar refractivity (Wildman–Crippen MR) is 106 cm³/mol. The number of carbonyl (C=O) groups excluding carboxylic acids is 1. The lowest BCUT2D eigenvalue weighted by atomic mass is 10.2. The average Bonchev–Trinajstić information content (AvgIpc) is 2.71. The molecule has 0 aliphatic rings. The molecule has 0 spiro atoms. The third-order valence-corrected chi connectivity index (χ3v) is 3.95. The molecule has 0 unspecified atom stereocenters. The summed E-state index contributed by atoms with van der Waals surface area (Å²) in [5, 5.41) is 0.765. The zero-order valence-electron chi connectivity index (χ0n) is 16.0. The Morgan fingerprint density at radius 1 is 1.04 bits per heavy atom. The largest absolute Gasteiger partial charge is 0.490 e. The fourth-order valence-electron chi connectivity index (χ4n) is 2.66. The molecule has 2 N–H and O–H groups in total. The number of rotatable bonds is 8. The first-order valence-corrected chi connectivity index (χ1v) is 9.20. The van der Waals surface area contributed by atoms with Gasteiger partial charge in [0.05, 0.1) is 24.3 Å². The maximum atomic E-state index is 12.4. The summed E-state index contributed by atoms with van der Waals surface area (Å²) in [6.45, 7) is 4.85. The van der Waals surface area contributed by atoms with Gasteiger partial charge in [0.15, 0.2) is 23.9 Å². The van der Waals surface area contributed by atoms with Crippen molar-refractivity contribution in [3.05, 3.63) is 53.9 Å². The van der Waals surface area contributed by atoms with Crippen molar-refractivity contribution in [2.24, 2.45) is 0 Å². The Morgan fingerprint density at radius 3 is 2.64 bits per heavy atom. The molecule has 0 saturated carbocycles. The number of nitrogens with zero attached hydrogens (tertiary/aromatic N) is 2. The van der Waals surface area contributed by atoms with Crippen LogP contribution < -0.4 is 15.2 Å². The van der Waals surface area contributed by atoms with E-state index in [0.717, 1.165) is 11.8 Å². The van der Waals surface area contributed by atoms with E-state index in [0.29, 0.717) is 47.4 Å². The highest BCUT2D eigenvalue weighted by atomic mass is 16.5. The fraction of sp³-hybridized carbons (Fsp3) is 0.286. The minimum Gasteiger partial charge on any atom is -0.490 e. The van der Waals surface area contributed by atoms with Crippen molar-refractivity contribution in [2.45, 2.75) is 26.9 Å². The average molecular weight is 381 g/mol. The Balaban J connectivity index is 1.73. The van der Waals surface area contributed by atoms with Crippen molar-refractivity contribution in [1.82, 2.24) is 9.97 Å². The van der Waals surface area contributed by atoms with Crippen LogP contribution in [-0.4, -0.2) is 29.2 Å². The first-order chi connectivity index (χ1) is 13.6. The highest BCUT2D eigenvalue weighted by molar-refractivity contribution is 5.90. The van der Waals surface area contributed by atoms with Gasteiger partial charge in [-0.3, -0.25) is 0 Å². The maximum Gasteiger partial charge on any atom is 0.338 e. The Labute approximate surface area is 163 Å². The molecule has 2 aromatic carbocycles. The highest BCUT2D eigenvalue weighted by Crippen LogP contribution is 2.29. The Hall–Kier alpha value is -3.35. The molecule has 0 atom stereocenters. The van der Waals surface area contributed by atoms with Crippen LogP contribution in [0.5, 0.6) is 11.5 Å². The molecule has 146 valence electrons. The van der Waals surface area contributed by atoms with E-state index in [1.807, 2.05) is 38.1 Å². The first kappa shape index (κ1) is 19.4. The van der Waals surface area contributed by atoms with Gasteiger partial charge in [-0.25, -0.2) is 14.8 Å². The van der Waals surface area contributed by atoms with E-state index in [1.165, 1.54) is 0 Å². The van der Waals surface area contributed by atoms with Crippen LogP contribution in [-0.2, 0) is 11.3 Å². The molecule has 0 fully saturated rings. The number of aromatic nitrogens is 2. The quantitative estimate of drug-likeness (QED) is 0.593. The minimum atomic E-state index is -0.502. The first-order valence-electron chi connectivity index (χ1n) is 9.20. The summed E-state index contributed by atoms with van der Waals surface area (Å²) in [6, 6.07) is 12.4. The number of anilines is 1. The standard InChI is InChI=1S/C21H23N3O4/c1-3-11-27-17-10-9-14(12-18(17)26-4-2)21(25)28-13-19-23-16-8-6-5-7-15(16)20(22)24-19/h5-10,12H,3-4,11,13H2,1-2H3,(H2,22,23,24). The van der Waals surface area contributed by atoms with E-state index < -0.39 is 5.97 Å². The number of benzene rings is 2. The molecule has 28 heavy (non-hydrogen) atoms. The van der Waals surface area contributed by atoms with Crippen LogP contribution in [0.4, 0.5) is 5.82 Å². The van der Waals surface area contributed by atoms with Crippen LogP contribution in [0.1, 0.15) is 36.5 Å². The van der Waals surface area contributed by atoms with Gasteiger partial charge < -0.3 is 19.9 Å². The van der Waals surface area contributed by atoms with Gasteiger partial charge >= 0.3 is 5.97 Å². The summed E-state index contributed by atoms with van der Waals surface area (Å²) >= 11 is 0. The van der Waals surface area contributed by atoms with Gasteiger partial charge in [0, 0.05) is 5.39 Å². The molecule has 0 aliphatic heterocycles. The lowest BCUT2D eigenvalue weighted by Gasteiger charge is -2.13. The van der Waals surface area contributed by atoms with Crippen molar-refractivity contribution >= 4 is 22.7 Å². The summed E-state index contributed by atoms with van der Waals surface area (Å²) in [5.41, 5.74) is 7.03. The number of fused-ring (bicyclic) bond motifs is 1. The topological polar surface area (TPSA) is 96.6 Å². The number of nitrogens with two attached hydrogens (primary N) is 1. The summed E-state index contributed by atoms with van der Waals surface area (Å²) < 4.78 is 16.6. The number of hydrogen-bond acceptors (Lipinski definition) is 7. The molecule has 0 saturated heterocycles. The van der Waals surface area contributed by atoms with Gasteiger partial charge in [-0.15, -0.1) is 0 Å². The molecule has 7 nitrogen and oxygen atoms in total. The minimum absolute atomic E-state index is 0.0775. The summed E-state index contributed by atoms with van der Waals surface area (Å²) in [6.07, 6.45) is 0.879. The van der Waals surface area contributed by atoms with Gasteiger partial charge in [0.25, 0.3) is 0 Å². The van der Waals surface area contributed by atoms with E-state index in [1.54, 1.807) is 18.2 Å².